The van der Waals surface area contributed by atoms with Gasteiger partial charge in [-0.25, -0.2) is 0 Å². The van der Waals surface area contributed by atoms with Crippen LogP contribution in [0.25, 0.3) is 0 Å². The third kappa shape index (κ3) is 3.25. The molecule has 0 N–H and O–H groups in total. The van der Waals surface area contributed by atoms with Gasteiger partial charge in [-0.2, -0.15) is 0 Å². The van der Waals surface area contributed by atoms with E-state index in [-0.39, 0.29) is 17.2 Å². The fourth-order valence-electron chi connectivity index (χ4n) is 2.04. The number of methoxy groups -OCH3 is 1. The van der Waals surface area contributed by atoms with Gasteiger partial charge in [0.1, 0.15) is 5.75 Å². The first-order valence-corrected chi connectivity index (χ1v) is 7.43. The van der Waals surface area contributed by atoms with Crippen LogP contribution in [0.15, 0.2) is 29.6 Å². The number of benzene rings is 1. The van der Waals surface area contributed by atoms with Gasteiger partial charge in [-0.3, -0.25) is 14.9 Å². The van der Waals surface area contributed by atoms with Crippen LogP contribution in [0, 0.1) is 17.0 Å². The molecule has 0 bridgehead atoms. The van der Waals surface area contributed by atoms with Gasteiger partial charge in [-0.1, -0.05) is 0 Å². The number of carbonyl (C=O) groups excluding carboxylic acids is 1. The Bertz CT molecular complexity index is 711. The lowest BCUT2D eigenvalue weighted by Crippen LogP contribution is -2.26. The summed E-state index contributed by atoms with van der Waals surface area (Å²) in [5.41, 5.74) is 1.17. The van der Waals surface area contributed by atoms with Crippen LogP contribution in [0.1, 0.15) is 20.8 Å². The maximum atomic E-state index is 12.6. The molecular weight excluding hydrogens is 304 g/mol. The van der Waals surface area contributed by atoms with Crippen molar-refractivity contribution < 1.29 is 14.5 Å². The summed E-state index contributed by atoms with van der Waals surface area (Å²) in [5, 5.41) is 12.9. The van der Waals surface area contributed by atoms with E-state index in [4.69, 9.17) is 4.74 Å². The largest absolute Gasteiger partial charge is 0.496 e. The molecule has 0 radical (unpaired) electrons. The second kappa shape index (κ2) is 6.57. The molecule has 116 valence electrons. The standard InChI is InChI=1S/C15H16N2O4S/c1-10-6-7-22-14(10)9-16(2)15(18)12-8-11(17(19)20)4-5-13(12)21-3/h4-8H,9H2,1-3H3. The molecule has 0 unspecified atom stereocenters. The summed E-state index contributed by atoms with van der Waals surface area (Å²) in [4.78, 5) is 25.5. The van der Waals surface area contributed by atoms with Crippen LogP contribution in [-0.4, -0.2) is 29.9 Å². The highest BCUT2D eigenvalue weighted by atomic mass is 32.1. The number of non-ortho nitro benzene ring substituents is 1. The first kappa shape index (κ1) is 16.0. The van der Waals surface area contributed by atoms with Gasteiger partial charge in [0.2, 0.25) is 0 Å². The summed E-state index contributed by atoms with van der Waals surface area (Å²) in [6.07, 6.45) is 0. The lowest BCUT2D eigenvalue weighted by Gasteiger charge is -2.18. The Labute approximate surface area is 132 Å². The van der Waals surface area contributed by atoms with Crippen LogP contribution in [-0.2, 0) is 6.54 Å². The van der Waals surface area contributed by atoms with E-state index in [1.54, 1.807) is 18.4 Å². The highest BCUT2D eigenvalue weighted by Crippen LogP contribution is 2.26. The third-order valence-electron chi connectivity index (χ3n) is 3.32. The number of rotatable bonds is 5. The Morgan fingerprint density at radius 1 is 1.41 bits per heavy atom. The Morgan fingerprint density at radius 3 is 2.68 bits per heavy atom. The number of hydrogen-bond donors (Lipinski definition) is 0. The van der Waals surface area contributed by atoms with E-state index in [2.05, 4.69) is 0 Å². The first-order chi connectivity index (χ1) is 10.4. The van der Waals surface area contributed by atoms with E-state index in [1.807, 2.05) is 18.4 Å². The van der Waals surface area contributed by atoms with Crippen molar-refractivity contribution >= 4 is 22.9 Å². The topological polar surface area (TPSA) is 72.7 Å². The number of carbonyl (C=O) groups is 1. The van der Waals surface area contributed by atoms with Crippen molar-refractivity contribution in [3.8, 4) is 5.75 Å². The molecule has 1 heterocycles. The molecule has 0 aliphatic rings. The van der Waals surface area contributed by atoms with Gasteiger partial charge < -0.3 is 9.64 Å². The molecule has 0 saturated heterocycles. The molecule has 6 nitrogen and oxygen atoms in total. The molecule has 0 atom stereocenters. The van der Waals surface area contributed by atoms with E-state index in [0.717, 1.165) is 10.4 Å². The van der Waals surface area contributed by atoms with E-state index in [0.29, 0.717) is 12.3 Å². The number of amides is 1. The van der Waals surface area contributed by atoms with Crippen LogP contribution in [0.4, 0.5) is 5.69 Å². The Hall–Kier alpha value is -2.41. The van der Waals surface area contributed by atoms with Crippen molar-refractivity contribution in [2.24, 2.45) is 0 Å². The van der Waals surface area contributed by atoms with Gasteiger partial charge in [0.15, 0.2) is 0 Å². The molecule has 2 aromatic rings. The SMILES string of the molecule is COc1ccc([N+](=O)[O-])cc1C(=O)N(C)Cc1sccc1C. The van der Waals surface area contributed by atoms with Gasteiger partial charge in [0.05, 0.1) is 24.1 Å². The predicted molar refractivity (Wildman–Crippen MR) is 84.5 cm³/mol. The van der Waals surface area contributed by atoms with E-state index in [1.165, 1.54) is 30.2 Å². The average molecular weight is 320 g/mol. The van der Waals surface area contributed by atoms with Crippen LogP contribution >= 0.6 is 11.3 Å². The summed E-state index contributed by atoms with van der Waals surface area (Å²) >= 11 is 1.58. The smallest absolute Gasteiger partial charge is 0.270 e. The molecule has 2 rings (SSSR count). The van der Waals surface area contributed by atoms with Crippen LogP contribution in [0.5, 0.6) is 5.75 Å². The normalized spacial score (nSPS) is 10.3. The maximum Gasteiger partial charge on any atom is 0.270 e. The molecule has 7 heteroatoms. The minimum Gasteiger partial charge on any atom is -0.496 e. The molecule has 0 spiro atoms. The number of nitrogens with zero attached hydrogens (tertiary/aromatic N) is 2. The lowest BCUT2D eigenvalue weighted by molar-refractivity contribution is -0.384. The van der Waals surface area contributed by atoms with E-state index >= 15 is 0 Å². The van der Waals surface area contributed by atoms with Gasteiger partial charge >= 0.3 is 0 Å². The van der Waals surface area contributed by atoms with Crippen molar-refractivity contribution in [3.05, 3.63) is 55.8 Å². The van der Waals surface area contributed by atoms with Crippen molar-refractivity contribution in [1.82, 2.24) is 4.90 Å². The lowest BCUT2D eigenvalue weighted by atomic mass is 10.1. The number of nitro benzene ring substituents is 1. The number of thiophene rings is 1. The number of nitro groups is 1. The van der Waals surface area contributed by atoms with Gasteiger partial charge in [-0.05, 0) is 30.0 Å². The molecule has 1 aromatic heterocycles. The quantitative estimate of drug-likeness (QED) is 0.626. The number of aryl methyl sites for hydroxylation is 1. The fourth-order valence-corrected chi connectivity index (χ4v) is 2.99. The molecule has 0 saturated carbocycles. The zero-order chi connectivity index (χ0) is 16.3. The summed E-state index contributed by atoms with van der Waals surface area (Å²) < 4.78 is 5.14. The monoisotopic (exact) mass is 320 g/mol. The number of ether oxygens (including phenoxy) is 1. The zero-order valence-electron chi connectivity index (χ0n) is 12.5. The first-order valence-electron chi connectivity index (χ1n) is 6.55. The molecule has 1 aromatic carbocycles. The average Bonchev–Trinajstić information content (AvgIpc) is 2.90. The Balaban J connectivity index is 2.29. The molecule has 22 heavy (non-hydrogen) atoms. The summed E-state index contributed by atoms with van der Waals surface area (Å²) in [5.74, 6) is 0.0127. The predicted octanol–water partition coefficient (Wildman–Crippen LogP) is 3.25. The minimum absolute atomic E-state index is 0.134. The number of hydrogen-bond acceptors (Lipinski definition) is 5. The molecule has 0 aliphatic carbocycles. The van der Waals surface area contributed by atoms with Crippen molar-refractivity contribution in [2.45, 2.75) is 13.5 Å². The maximum absolute atomic E-state index is 12.6. The van der Waals surface area contributed by atoms with Gasteiger partial charge in [0, 0.05) is 24.1 Å². The summed E-state index contributed by atoms with van der Waals surface area (Å²) in [7, 11) is 3.10. The highest BCUT2D eigenvalue weighted by molar-refractivity contribution is 7.10. The van der Waals surface area contributed by atoms with Gasteiger partial charge in [-0.15, -0.1) is 11.3 Å². The molecule has 1 amide bonds. The fraction of sp³-hybridized carbons (Fsp3) is 0.267. The second-order valence-corrected chi connectivity index (χ2v) is 5.83. The second-order valence-electron chi connectivity index (χ2n) is 4.83. The summed E-state index contributed by atoms with van der Waals surface area (Å²) in [6, 6.07) is 6.00. The Morgan fingerprint density at radius 2 is 2.14 bits per heavy atom. The Kier molecular flexibility index (Phi) is 4.77. The zero-order valence-corrected chi connectivity index (χ0v) is 13.3. The summed E-state index contributed by atoms with van der Waals surface area (Å²) in [6.45, 7) is 2.44. The van der Waals surface area contributed by atoms with Crippen LogP contribution in [0.2, 0.25) is 0 Å². The molecular formula is C15H16N2O4S. The van der Waals surface area contributed by atoms with Crippen molar-refractivity contribution in [2.75, 3.05) is 14.2 Å². The van der Waals surface area contributed by atoms with Crippen LogP contribution in [0.3, 0.4) is 0 Å². The van der Waals surface area contributed by atoms with Crippen LogP contribution < -0.4 is 4.74 Å². The van der Waals surface area contributed by atoms with E-state index < -0.39 is 4.92 Å². The molecule has 0 aliphatic heterocycles. The van der Waals surface area contributed by atoms with E-state index in [9.17, 15) is 14.9 Å². The minimum atomic E-state index is -0.528. The van der Waals surface area contributed by atoms with Crippen molar-refractivity contribution in [3.63, 3.8) is 0 Å². The third-order valence-corrected chi connectivity index (χ3v) is 4.33. The van der Waals surface area contributed by atoms with Crippen molar-refractivity contribution in [1.29, 1.82) is 0 Å². The highest BCUT2D eigenvalue weighted by Gasteiger charge is 2.21. The molecule has 0 fully saturated rings. The van der Waals surface area contributed by atoms with Gasteiger partial charge in [0.25, 0.3) is 11.6 Å².